The van der Waals surface area contributed by atoms with Crippen molar-refractivity contribution in [3.63, 3.8) is 0 Å². The van der Waals surface area contributed by atoms with Gasteiger partial charge in [0.25, 0.3) is 6.47 Å². The number of aliphatic hydroxyl groups is 2. The van der Waals surface area contributed by atoms with E-state index in [0.29, 0.717) is 6.47 Å². The summed E-state index contributed by atoms with van der Waals surface area (Å²) in [5.74, 6) is 0. The number of hydrogen-bond donors (Lipinski definition) is 2. The highest BCUT2D eigenvalue weighted by molar-refractivity contribution is 5.36. The average molecular weight is 134 g/mol. The van der Waals surface area contributed by atoms with E-state index in [9.17, 15) is 4.79 Å². The first-order valence-corrected chi connectivity index (χ1v) is 2.65. The van der Waals surface area contributed by atoms with Crippen LogP contribution in [0, 0.1) is 0 Å². The molecule has 0 aromatic rings. The van der Waals surface area contributed by atoms with Crippen molar-refractivity contribution in [3.05, 3.63) is 0 Å². The smallest absolute Gasteiger partial charge is 0.293 e. The Kier molecular flexibility index (Phi) is 5.15. The zero-order valence-corrected chi connectivity index (χ0v) is 4.99. The lowest BCUT2D eigenvalue weighted by molar-refractivity contribution is -0.129. The summed E-state index contributed by atoms with van der Waals surface area (Å²) in [7, 11) is 0. The SMILES string of the molecule is O=COCCC(O)CO. The summed E-state index contributed by atoms with van der Waals surface area (Å²) >= 11 is 0. The van der Waals surface area contributed by atoms with Crippen molar-refractivity contribution in [1.82, 2.24) is 0 Å². The number of carbonyl (C=O) groups is 1. The molecular weight excluding hydrogens is 124 g/mol. The van der Waals surface area contributed by atoms with Gasteiger partial charge in [0, 0.05) is 6.42 Å². The number of rotatable bonds is 5. The summed E-state index contributed by atoms with van der Waals surface area (Å²) in [6.45, 7) is 0.178. The minimum Gasteiger partial charge on any atom is -0.468 e. The summed E-state index contributed by atoms with van der Waals surface area (Å²) in [5.41, 5.74) is 0. The molecular formula is C5H10O4. The van der Waals surface area contributed by atoms with E-state index in [4.69, 9.17) is 10.2 Å². The quantitative estimate of drug-likeness (QED) is 0.370. The molecule has 2 N–H and O–H groups in total. The van der Waals surface area contributed by atoms with Crippen molar-refractivity contribution >= 4 is 6.47 Å². The molecule has 4 heteroatoms. The van der Waals surface area contributed by atoms with Gasteiger partial charge in [0.15, 0.2) is 0 Å². The molecule has 0 aliphatic rings. The van der Waals surface area contributed by atoms with Crippen LogP contribution in [-0.4, -0.2) is 36.0 Å². The lowest BCUT2D eigenvalue weighted by Crippen LogP contribution is -2.14. The van der Waals surface area contributed by atoms with E-state index >= 15 is 0 Å². The Morgan fingerprint density at radius 2 is 2.33 bits per heavy atom. The maximum atomic E-state index is 9.51. The summed E-state index contributed by atoms with van der Waals surface area (Å²) in [5, 5.41) is 16.9. The molecule has 0 saturated carbocycles. The third-order valence-corrected chi connectivity index (χ3v) is 0.848. The van der Waals surface area contributed by atoms with Crippen molar-refractivity contribution in [1.29, 1.82) is 0 Å². The lowest BCUT2D eigenvalue weighted by atomic mass is 10.3. The van der Waals surface area contributed by atoms with E-state index in [1.54, 1.807) is 0 Å². The molecule has 0 amide bonds. The van der Waals surface area contributed by atoms with E-state index in [2.05, 4.69) is 4.74 Å². The second-order valence-electron chi connectivity index (χ2n) is 1.59. The Hall–Kier alpha value is -0.610. The van der Waals surface area contributed by atoms with Gasteiger partial charge in [0.1, 0.15) is 0 Å². The molecule has 0 aromatic heterocycles. The molecule has 54 valence electrons. The maximum absolute atomic E-state index is 9.51. The van der Waals surface area contributed by atoms with Crippen LogP contribution in [0.1, 0.15) is 6.42 Å². The van der Waals surface area contributed by atoms with Gasteiger partial charge in [-0.2, -0.15) is 0 Å². The monoisotopic (exact) mass is 134 g/mol. The van der Waals surface area contributed by atoms with Crippen LogP contribution in [0.15, 0.2) is 0 Å². The Morgan fingerprint density at radius 1 is 1.67 bits per heavy atom. The van der Waals surface area contributed by atoms with Crippen molar-refractivity contribution in [3.8, 4) is 0 Å². The van der Waals surface area contributed by atoms with Crippen LogP contribution in [0.5, 0.6) is 0 Å². The Bertz CT molecular complexity index is 73.4. The molecule has 0 aliphatic carbocycles. The molecule has 0 aliphatic heterocycles. The van der Waals surface area contributed by atoms with Crippen molar-refractivity contribution in [2.45, 2.75) is 12.5 Å². The molecule has 4 nitrogen and oxygen atoms in total. The van der Waals surface area contributed by atoms with Crippen LogP contribution in [0.3, 0.4) is 0 Å². The van der Waals surface area contributed by atoms with Gasteiger partial charge in [0.2, 0.25) is 0 Å². The van der Waals surface area contributed by atoms with Gasteiger partial charge < -0.3 is 14.9 Å². The largest absolute Gasteiger partial charge is 0.468 e. The normalized spacial score (nSPS) is 12.7. The van der Waals surface area contributed by atoms with Crippen LogP contribution >= 0.6 is 0 Å². The van der Waals surface area contributed by atoms with Crippen molar-refractivity contribution in [2.75, 3.05) is 13.2 Å². The zero-order valence-electron chi connectivity index (χ0n) is 4.99. The molecule has 0 fully saturated rings. The van der Waals surface area contributed by atoms with Gasteiger partial charge in [-0.05, 0) is 0 Å². The van der Waals surface area contributed by atoms with Crippen LogP contribution in [0.4, 0.5) is 0 Å². The highest BCUT2D eigenvalue weighted by atomic mass is 16.5. The number of hydrogen-bond acceptors (Lipinski definition) is 4. The van der Waals surface area contributed by atoms with E-state index in [1.165, 1.54) is 0 Å². The first kappa shape index (κ1) is 8.39. The molecule has 0 aromatic carbocycles. The first-order valence-electron chi connectivity index (χ1n) is 2.65. The number of carbonyl (C=O) groups excluding carboxylic acids is 1. The molecule has 0 radical (unpaired) electrons. The second-order valence-corrected chi connectivity index (χ2v) is 1.59. The minimum atomic E-state index is -0.773. The Balaban J connectivity index is 2.96. The van der Waals surface area contributed by atoms with Gasteiger partial charge in [-0.1, -0.05) is 0 Å². The van der Waals surface area contributed by atoms with Gasteiger partial charge in [-0.15, -0.1) is 0 Å². The minimum absolute atomic E-state index is 0.158. The number of ether oxygens (including phenoxy) is 1. The van der Waals surface area contributed by atoms with Gasteiger partial charge in [-0.3, -0.25) is 4.79 Å². The fraction of sp³-hybridized carbons (Fsp3) is 0.800. The summed E-state index contributed by atoms with van der Waals surface area (Å²) < 4.78 is 4.25. The summed E-state index contributed by atoms with van der Waals surface area (Å²) in [6.07, 6.45) is -0.486. The van der Waals surface area contributed by atoms with Crippen LogP contribution in [0.25, 0.3) is 0 Å². The third-order valence-electron chi connectivity index (χ3n) is 0.848. The fourth-order valence-corrected chi connectivity index (χ4v) is 0.343. The molecule has 1 unspecified atom stereocenters. The van der Waals surface area contributed by atoms with E-state index in [0.717, 1.165) is 0 Å². The third kappa shape index (κ3) is 5.26. The molecule has 0 heterocycles. The highest BCUT2D eigenvalue weighted by Crippen LogP contribution is 1.88. The first-order chi connectivity index (χ1) is 4.31. The van der Waals surface area contributed by atoms with Crippen molar-refractivity contribution < 1.29 is 19.7 Å². The van der Waals surface area contributed by atoms with Crippen LogP contribution in [-0.2, 0) is 9.53 Å². The molecule has 0 rings (SSSR count). The second kappa shape index (κ2) is 5.53. The predicted molar refractivity (Wildman–Crippen MR) is 29.7 cm³/mol. The zero-order chi connectivity index (χ0) is 7.11. The van der Waals surface area contributed by atoms with Crippen molar-refractivity contribution in [2.24, 2.45) is 0 Å². The Labute approximate surface area is 53.1 Å². The van der Waals surface area contributed by atoms with E-state index < -0.39 is 6.10 Å². The number of aliphatic hydroxyl groups excluding tert-OH is 2. The lowest BCUT2D eigenvalue weighted by Gasteiger charge is -2.03. The molecule has 0 spiro atoms. The highest BCUT2D eigenvalue weighted by Gasteiger charge is 1.99. The molecule has 0 bridgehead atoms. The van der Waals surface area contributed by atoms with Gasteiger partial charge in [0.05, 0.1) is 19.3 Å². The fourth-order valence-electron chi connectivity index (χ4n) is 0.343. The Morgan fingerprint density at radius 3 is 2.78 bits per heavy atom. The molecule has 9 heavy (non-hydrogen) atoms. The maximum Gasteiger partial charge on any atom is 0.293 e. The van der Waals surface area contributed by atoms with Crippen LogP contribution in [0.2, 0.25) is 0 Å². The standard InChI is InChI=1S/C5H10O4/c6-3-5(8)1-2-9-4-7/h4-6,8H,1-3H2. The summed E-state index contributed by atoms with van der Waals surface area (Å²) in [4.78, 5) is 9.51. The molecule has 0 saturated heterocycles. The molecule has 1 atom stereocenters. The average Bonchev–Trinajstić information content (AvgIpc) is 1.89. The van der Waals surface area contributed by atoms with E-state index in [1.807, 2.05) is 0 Å². The predicted octanol–water partition coefficient (Wildman–Crippen LogP) is -1.10. The van der Waals surface area contributed by atoms with Gasteiger partial charge in [-0.25, -0.2) is 0 Å². The van der Waals surface area contributed by atoms with E-state index in [-0.39, 0.29) is 19.6 Å². The topological polar surface area (TPSA) is 66.8 Å². The van der Waals surface area contributed by atoms with Crippen LogP contribution < -0.4 is 0 Å². The summed E-state index contributed by atoms with van der Waals surface area (Å²) in [6, 6.07) is 0. The van der Waals surface area contributed by atoms with Gasteiger partial charge >= 0.3 is 0 Å².